The standard InChI is InChI=1S/C28H46O.C27H44O3.C27H44O2/c1-19(2)20(3)9-10-22(5)26-15-16-27-23(8-7-17-28(26,27)6)12-13-24-18-25(29)14-11-21(24)4;1-18(8-6-14-26(3,4)30)23-12-13-24-20(9-7-15-27(23,24)5)10-11-21-16-22(28)17-25(29)19(21)2;1-18(2)8-6-9-19(3)24-13-14-25-21(10-7-15-27(24,25)5)11-12-22-16-23(28)17-26(29)20(22)4/h9-10,12-13,19-22,25-27,29H,7-8,11,14-18H2,1-6H3;10-11,18,22-25,28-30H,2,6-9,12-17H2,1,3-5H3;11-12,18-19,23-26,28-29H,4,6-10,13-17H2,1-3,5H3/b10-9+,23-12+,24-13+;20-10+,21-11-;21-11+,22-12-/t20-,21-,22+,25-,26+,27-,28+;18-,22-,23-,24+,25+,27-;19-,23-,24-,25+,26+,27-/m011/s1. The van der Waals surface area contributed by atoms with Crippen LogP contribution in [0.1, 0.15) is 277 Å². The summed E-state index contributed by atoms with van der Waals surface area (Å²) in [6, 6.07) is 0. The first-order valence-electron chi connectivity index (χ1n) is 36.8. The minimum atomic E-state index is -0.615. The van der Waals surface area contributed by atoms with Gasteiger partial charge >= 0.3 is 0 Å². The molecular weight excluding hydrogens is 1080 g/mol. The molecule has 0 saturated heterocycles. The van der Waals surface area contributed by atoms with Crippen LogP contribution in [0, 0.1) is 93.2 Å². The van der Waals surface area contributed by atoms with E-state index < -0.39 is 30.0 Å². The molecule has 0 aromatic heterocycles. The average molecular weight is 1220 g/mol. The third kappa shape index (κ3) is 18.4. The second-order valence-electron chi connectivity index (χ2n) is 33.6. The van der Waals surface area contributed by atoms with Crippen molar-refractivity contribution in [3.8, 4) is 0 Å². The van der Waals surface area contributed by atoms with E-state index in [2.05, 4.69) is 145 Å². The topological polar surface area (TPSA) is 121 Å². The first kappa shape index (κ1) is 72.8. The predicted molar refractivity (Wildman–Crippen MR) is 372 cm³/mol. The highest BCUT2D eigenvalue weighted by molar-refractivity contribution is 5.40. The molecule has 0 amide bonds. The highest BCUT2D eigenvalue weighted by Crippen LogP contribution is 2.62. The summed E-state index contributed by atoms with van der Waals surface area (Å²) in [5, 5.41) is 60.4. The van der Waals surface area contributed by atoms with Crippen LogP contribution in [0.2, 0.25) is 0 Å². The van der Waals surface area contributed by atoms with Gasteiger partial charge in [-0.05, 0) is 264 Å². The fourth-order valence-electron chi connectivity index (χ4n) is 20.0. The Morgan fingerprint density at radius 1 is 0.500 bits per heavy atom. The lowest BCUT2D eigenvalue weighted by Crippen LogP contribution is -2.36. The number of allylic oxidation sites excluding steroid dienone is 11. The van der Waals surface area contributed by atoms with E-state index in [1.807, 2.05) is 13.8 Å². The molecule has 9 saturated carbocycles. The lowest BCUT2D eigenvalue weighted by atomic mass is 9.60. The Labute approximate surface area is 540 Å². The fourth-order valence-corrected chi connectivity index (χ4v) is 20.0. The Morgan fingerprint density at radius 3 is 1.36 bits per heavy atom. The molecule has 0 aliphatic heterocycles. The van der Waals surface area contributed by atoms with E-state index in [0.717, 1.165) is 95.8 Å². The quantitative estimate of drug-likeness (QED) is 0.0807. The summed E-state index contributed by atoms with van der Waals surface area (Å²) in [5.41, 5.74) is 10.7. The van der Waals surface area contributed by atoms with Gasteiger partial charge in [0.1, 0.15) is 0 Å². The summed E-state index contributed by atoms with van der Waals surface area (Å²) in [7, 11) is 0. The van der Waals surface area contributed by atoms with Crippen molar-refractivity contribution in [3.63, 3.8) is 0 Å². The van der Waals surface area contributed by atoms with Gasteiger partial charge in [-0.25, -0.2) is 0 Å². The van der Waals surface area contributed by atoms with Crippen LogP contribution in [0.5, 0.6) is 0 Å². The van der Waals surface area contributed by atoms with Crippen molar-refractivity contribution in [1.82, 2.24) is 0 Å². The molecule has 6 nitrogen and oxygen atoms in total. The summed E-state index contributed by atoms with van der Waals surface area (Å²) in [5.74, 6) is 9.59. The van der Waals surface area contributed by atoms with Crippen molar-refractivity contribution in [2.24, 2.45) is 93.2 Å². The van der Waals surface area contributed by atoms with Crippen LogP contribution < -0.4 is 0 Å². The van der Waals surface area contributed by atoms with Gasteiger partial charge in [-0.2, -0.15) is 0 Å². The molecule has 6 heteroatoms. The van der Waals surface area contributed by atoms with Gasteiger partial charge < -0.3 is 30.6 Å². The summed E-state index contributed by atoms with van der Waals surface area (Å²) in [6.07, 6.45) is 48.6. The number of aliphatic hydroxyl groups excluding tert-OH is 5. The van der Waals surface area contributed by atoms with Gasteiger partial charge in [0.25, 0.3) is 0 Å². The Morgan fingerprint density at radius 2 is 0.920 bits per heavy atom. The van der Waals surface area contributed by atoms with Crippen LogP contribution >= 0.6 is 0 Å². The minimum absolute atomic E-state index is 0.121. The highest BCUT2D eigenvalue weighted by Gasteiger charge is 2.53. The molecule has 0 heterocycles. The molecule has 0 bridgehead atoms. The maximum atomic E-state index is 10.1. The van der Waals surface area contributed by atoms with Gasteiger partial charge in [-0.3, -0.25) is 0 Å². The lowest BCUT2D eigenvalue weighted by molar-refractivity contribution is 0.0596. The highest BCUT2D eigenvalue weighted by atomic mass is 16.3. The molecule has 0 spiro atoms. The summed E-state index contributed by atoms with van der Waals surface area (Å²) in [6.45, 7) is 41.1. The Hall–Kier alpha value is -2.58. The zero-order valence-electron chi connectivity index (χ0n) is 58.9. The molecule has 9 aliphatic carbocycles. The van der Waals surface area contributed by atoms with E-state index >= 15 is 0 Å². The third-order valence-electron chi connectivity index (χ3n) is 25.9. The van der Waals surface area contributed by atoms with Crippen molar-refractivity contribution >= 4 is 0 Å². The van der Waals surface area contributed by atoms with Crippen LogP contribution in [-0.4, -0.2) is 66.8 Å². The molecule has 19 atom stereocenters. The molecule has 0 unspecified atom stereocenters. The van der Waals surface area contributed by atoms with E-state index in [4.69, 9.17) is 0 Å². The number of hydrogen-bond donors (Lipinski definition) is 6. The van der Waals surface area contributed by atoms with E-state index in [1.54, 1.807) is 16.7 Å². The molecule has 0 radical (unpaired) electrons. The van der Waals surface area contributed by atoms with Gasteiger partial charge in [-0.1, -0.05) is 199 Å². The normalized spacial score (nSPS) is 39.6. The minimum Gasteiger partial charge on any atom is -0.393 e. The van der Waals surface area contributed by atoms with Crippen molar-refractivity contribution in [3.05, 3.63) is 106 Å². The smallest absolute Gasteiger partial charge is 0.0811 e. The van der Waals surface area contributed by atoms with Gasteiger partial charge in [0.2, 0.25) is 0 Å². The number of hydrogen-bond acceptors (Lipinski definition) is 6. The molecule has 0 aromatic carbocycles. The molecule has 9 aliphatic rings. The summed E-state index contributed by atoms with van der Waals surface area (Å²) >= 11 is 0. The summed E-state index contributed by atoms with van der Waals surface area (Å²) in [4.78, 5) is 0. The monoisotopic (exact) mass is 1220 g/mol. The van der Waals surface area contributed by atoms with Crippen molar-refractivity contribution in [2.75, 3.05) is 0 Å². The second-order valence-corrected chi connectivity index (χ2v) is 33.6. The van der Waals surface area contributed by atoms with Crippen molar-refractivity contribution < 1.29 is 30.6 Å². The molecule has 9 rings (SSSR count). The Bertz CT molecular complexity index is 2510. The second kappa shape index (κ2) is 32.0. The average Bonchev–Trinajstić information content (AvgIpc) is 2.21. The van der Waals surface area contributed by atoms with E-state index in [9.17, 15) is 30.6 Å². The van der Waals surface area contributed by atoms with Gasteiger partial charge in [0, 0.05) is 12.8 Å². The largest absolute Gasteiger partial charge is 0.393 e. The Kier molecular flexibility index (Phi) is 26.5. The van der Waals surface area contributed by atoms with E-state index in [1.165, 1.54) is 128 Å². The van der Waals surface area contributed by atoms with Crippen LogP contribution in [0.4, 0.5) is 0 Å². The molecule has 6 N–H and O–H groups in total. The van der Waals surface area contributed by atoms with E-state index in [0.29, 0.717) is 77.4 Å². The Balaban J connectivity index is 0.000000188. The molecule has 9 fully saturated rings. The van der Waals surface area contributed by atoms with Crippen LogP contribution in [0.25, 0.3) is 0 Å². The predicted octanol–water partition coefficient (Wildman–Crippen LogP) is 20.0. The maximum Gasteiger partial charge on any atom is 0.0811 e. The lowest BCUT2D eigenvalue weighted by Gasteiger charge is -2.44. The number of rotatable bonds is 17. The van der Waals surface area contributed by atoms with Crippen LogP contribution in [0.3, 0.4) is 0 Å². The maximum absolute atomic E-state index is 10.1. The first-order valence-corrected chi connectivity index (χ1v) is 36.8. The third-order valence-corrected chi connectivity index (χ3v) is 25.9. The number of fused-ring (bicyclic) bond motifs is 3. The summed E-state index contributed by atoms with van der Waals surface area (Å²) < 4.78 is 0. The van der Waals surface area contributed by atoms with Crippen molar-refractivity contribution in [1.29, 1.82) is 0 Å². The molecule has 88 heavy (non-hydrogen) atoms. The van der Waals surface area contributed by atoms with E-state index in [-0.39, 0.29) is 6.10 Å². The van der Waals surface area contributed by atoms with Crippen LogP contribution in [0.15, 0.2) is 106 Å². The molecule has 0 aromatic rings. The fraction of sp³-hybridized carbons (Fsp3) is 0.780. The molecule has 498 valence electrons. The SMILES string of the molecule is C=C1/C(=C\C=C2/CCC[C@]3(C)[C@@H]([C@H](C)CCCC(C)(C)O)CC[C@@H]23)C[C@@H](O)C[C@@H]1O.C=C1/C(=C\C=C2/CCC[C@]3(C)[C@@H]([C@H](C)CCCC(C)C)CC[C@@H]23)C[C@@H](O)C[C@@H]1O.CC(C)[C@@H](C)/C=C/[C@@H](C)[C@H]1CC[C@H]2/C(=C/C=C3\C[C@@H](O)CC[C@@H]3C)CCC[C@]12C. The van der Waals surface area contributed by atoms with Crippen LogP contribution in [-0.2, 0) is 0 Å². The molecular formula is C82H134O6. The zero-order valence-corrected chi connectivity index (χ0v) is 58.9. The van der Waals surface area contributed by atoms with Gasteiger partial charge in [0.15, 0.2) is 0 Å². The van der Waals surface area contributed by atoms with Gasteiger partial charge in [0.05, 0.1) is 36.1 Å². The first-order chi connectivity index (χ1) is 41.4. The van der Waals surface area contributed by atoms with Crippen molar-refractivity contribution in [2.45, 2.75) is 313 Å². The zero-order chi connectivity index (χ0) is 64.5. The van der Waals surface area contributed by atoms with Gasteiger partial charge in [-0.15, -0.1) is 0 Å². The number of aliphatic hydroxyl groups is 6.